The summed E-state index contributed by atoms with van der Waals surface area (Å²) in [5.74, 6) is 0.716. The number of amides is 1. The van der Waals surface area contributed by atoms with Gasteiger partial charge in [0.15, 0.2) is 5.96 Å². The van der Waals surface area contributed by atoms with Crippen LogP contribution in [-0.4, -0.2) is 24.5 Å². The fraction of sp³-hybridized carbons (Fsp3) is 0.818. The van der Waals surface area contributed by atoms with E-state index in [1.165, 1.54) is 6.42 Å². The van der Waals surface area contributed by atoms with E-state index in [1.807, 2.05) is 0 Å². The molecule has 1 saturated heterocycles. The van der Waals surface area contributed by atoms with Gasteiger partial charge in [-0.05, 0) is 24.7 Å². The Bertz CT molecular complexity index is 322. The number of aliphatic imine (C=N–C) groups is 1. The Kier molecular flexibility index (Phi) is 2.24. The van der Waals surface area contributed by atoms with E-state index >= 15 is 0 Å². The third kappa shape index (κ3) is 1.73. The highest BCUT2D eigenvalue weighted by molar-refractivity contribution is 6.09. The highest BCUT2D eigenvalue weighted by Crippen LogP contribution is 2.42. The maximum Gasteiger partial charge on any atom is 0.252 e. The van der Waals surface area contributed by atoms with Crippen LogP contribution in [0.25, 0.3) is 0 Å². The van der Waals surface area contributed by atoms with Gasteiger partial charge in [-0.15, -0.1) is 0 Å². The Morgan fingerprint density at radius 1 is 1.33 bits per heavy atom. The molecule has 15 heavy (non-hydrogen) atoms. The number of guanidine groups is 1. The van der Waals surface area contributed by atoms with Crippen LogP contribution in [0.5, 0.6) is 0 Å². The average Bonchev–Trinajstić information content (AvgIpc) is 2.42. The fourth-order valence-electron chi connectivity index (χ4n) is 2.82. The predicted octanol–water partition coefficient (Wildman–Crippen LogP) is 1.03. The molecule has 1 aliphatic carbocycles. The number of rotatable bonds is 0. The monoisotopic (exact) mass is 209 g/mol. The number of carbonyl (C=O) groups is 1. The van der Waals surface area contributed by atoms with E-state index in [9.17, 15) is 4.79 Å². The third-order valence-electron chi connectivity index (χ3n) is 3.49. The van der Waals surface area contributed by atoms with Crippen LogP contribution < -0.4 is 10.6 Å². The summed E-state index contributed by atoms with van der Waals surface area (Å²) in [5.41, 5.74) is -0.150. The van der Waals surface area contributed by atoms with Crippen LogP contribution in [0.4, 0.5) is 0 Å². The standard InChI is InChI=1S/C11H19N3O/c1-10(2)5-4-6-11(7-10)8(15)13-9(12-3)14-11/h4-7H2,1-3H3,(H2,12,13,14,15). The Morgan fingerprint density at radius 2 is 2.07 bits per heavy atom. The normalized spacial score (nSPS) is 36.7. The lowest BCUT2D eigenvalue weighted by Gasteiger charge is -2.40. The van der Waals surface area contributed by atoms with E-state index in [-0.39, 0.29) is 11.3 Å². The summed E-state index contributed by atoms with van der Waals surface area (Å²) in [4.78, 5) is 16.0. The number of hydrogen-bond donors (Lipinski definition) is 2. The van der Waals surface area contributed by atoms with Crippen LogP contribution in [-0.2, 0) is 4.79 Å². The smallest absolute Gasteiger partial charge is 0.252 e. The van der Waals surface area contributed by atoms with E-state index in [1.54, 1.807) is 7.05 Å². The molecule has 1 spiro atoms. The summed E-state index contributed by atoms with van der Waals surface area (Å²) in [6.45, 7) is 4.45. The lowest BCUT2D eigenvalue weighted by molar-refractivity contribution is -0.126. The van der Waals surface area contributed by atoms with Crippen molar-refractivity contribution in [1.29, 1.82) is 0 Å². The molecule has 0 aromatic carbocycles. The largest absolute Gasteiger partial charge is 0.342 e. The Balaban J connectivity index is 2.23. The molecule has 2 fully saturated rings. The molecule has 2 N–H and O–H groups in total. The average molecular weight is 209 g/mol. The molecular formula is C11H19N3O. The highest BCUT2D eigenvalue weighted by Gasteiger charge is 2.49. The molecule has 4 heteroatoms. The van der Waals surface area contributed by atoms with Gasteiger partial charge in [-0.3, -0.25) is 15.1 Å². The first-order valence-corrected chi connectivity index (χ1v) is 5.54. The second-order valence-electron chi connectivity index (χ2n) is 5.43. The minimum atomic E-state index is -0.392. The number of nitrogens with zero attached hydrogens (tertiary/aromatic N) is 1. The molecule has 0 aromatic rings. The Labute approximate surface area is 90.5 Å². The van der Waals surface area contributed by atoms with Gasteiger partial charge in [-0.25, -0.2) is 0 Å². The zero-order valence-electron chi connectivity index (χ0n) is 9.68. The maximum absolute atomic E-state index is 12.0. The number of nitrogens with one attached hydrogen (secondary N) is 2. The zero-order chi connectivity index (χ0) is 11.1. The number of hydrogen-bond acceptors (Lipinski definition) is 2. The minimum Gasteiger partial charge on any atom is -0.342 e. The van der Waals surface area contributed by atoms with E-state index in [0.29, 0.717) is 5.96 Å². The molecule has 84 valence electrons. The van der Waals surface area contributed by atoms with Crippen LogP contribution in [0.2, 0.25) is 0 Å². The van der Waals surface area contributed by atoms with Gasteiger partial charge in [0.25, 0.3) is 5.91 Å². The van der Waals surface area contributed by atoms with Gasteiger partial charge in [-0.1, -0.05) is 20.3 Å². The topological polar surface area (TPSA) is 53.5 Å². The van der Waals surface area contributed by atoms with E-state index in [4.69, 9.17) is 0 Å². The van der Waals surface area contributed by atoms with Gasteiger partial charge in [0.05, 0.1) is 0 Å². The highest BCUT2D eigenvalue weighted by atomic mass is 16.2. The molecule has 2 aliphatic rings. The van der Waals surface area contributed by atoms with Crippen LogP contribution >= 0.6 is 0 Å². The fourth-order valence-corrected chi connectivity index (χ4v) is 2.82. The maximum atomic E-state index is 12.0. The van der Waals surface area contributed by atoms with Crippen molar-refractivity contribution >= 4 is 11.9 Å². The first-order chi connectivity index (χ1) is 6.97. The summed E-state index contributed by atoms with van der Waals surface area (Å²) in [6.07, 6.45) is 4.11. The second kappa shape index (κ2) is 3.22. The van der Waals surface area contributed by atoms with Crippen molar-refractivity contribution in [3.63, 3.8) is 0 Å². The van der Waals surface area contributed by atoms with Crippen molar-refractivity contribution in [3.8, 4) is 0 Å². The molecular weight excluding hydrogens is 190 g/mol. The number of carbonyl (C=O) groups excluding carboxylic acids is 1. The third-order valence-corrected chi connectivity index (χ3v) is 3.49. The summed E-state index contributed by atoms with van der Waals surface area (Å²) < 4.78 is 0. The second-order valence-corrected chi connectivity index (χ2v) is 5.43. The minimum absolute atomic E-state index is 0.0934. The van der Waals surface area contributed by atoms with E-state index in [0.717, 1.165) is 19.3 Å². The molecule has 1 unspecified atom stereocenters. The van der Waals surface area contributed by atoms with Gasteiger partial charge >= 0.3 is 0 Å². The van der Waals surface area contributed by atoms with Crippen LogP contribution in [0.1, 0.15) is 39.5 Å². The SMILES string of the molecule is CN=C1NC(=O)C2(CCCC(C)(C)C2)N1. The Morgan fingerprint density at radius 3 is 2.60 bits per heavy atom. The molecule has 1 heterocycles. The van der Waals surface area contributed by atoms with Crippen LogP contribution in [0, 0.1) is 5.41 Å². The summed E-state index contributed by atoms with van der Waals surface area (Å²) in [5, 5.41) is 6.05. The van der Waals surface area contributed by atoms with Crippen molar-refractivity contribution in [1.82, 2.24) is 10.6 Å². The predicted molar refractivity (Wildman–Crippen MR) is 59.6 cm³/mol. The Hall–Kier alpha value is -1.06. The first kappa shape index (κ1) is 10.5. The van der Waals surface area contributed by atoms with Gasteiger partial charge in [-0.2, -0.15) is 0 Å². The van der Waals surface area contributed by atoms with Gasteiger partial charge < -0.3 is 5.32 Å². The molecule has 1 amide bonds. The van der Waals surface area contributed by atoms with E-state index in [2.05, 4.69) is 29.5 Å². The zero-order valence-corrected chi connectivity index (χ0v) is 9.68. The van der Waals surface area contributed by atoms with E-state index < -0.39 is 5.54 Å². The van der Waals surface area contributed by atoms with Gasteiger partial charge in [0.2, 0.25) is 0 Å². The first-order valence-electron chi connectivity index (χ1n) is 5.54. The molecule has 2 rings (SSSR count). The lowest BCUT2D eigenvalue weighted by Crippen LogP contribution is -2.52. The molecule has 1 aliphatic heterocycles. The van der Waals surface area contributed by atoms with Crippen LogP contribution in [0.15, 0.2) is 4.99 Å². The van der Waals surface area contributed by atoms with Gasteiger partial charge in [0, 0.05) is 7.05 Å². The molecule has 1 saturated carbocycles. The van der Waals surface area contributed by atoms with Crippen molar-refractivity contribution in [2.75, 3.05) is 7.05 Å². The molecule has 0 bridgehead atoms. The summed E-state index contributed by atoms with van der Waals surface area (Å²) in [7, 11) is 1.69. The van der Waals surface area contributed by atoms with Crippen molar-refractivity contribution in [3.05, 3.63) is 0 Å². The summed E-state index contributed by atoms with van der Waals surface area (Å²) in [6, 6.07) is 0. The lowest BCUT2D eigenvalue weighted by atomic mass is 9.68. The van der Waals surface area contributed by atoms with Gasteiger partial charge in [0.1, 0.15) is 5.54 Å². The molecule has 4 nitrogen and oxygen atoms in total. The van der Waals surface area contributed by atoms with Crippen molar-refractivity contribution in [2.24, 2.45) is 10.4 Å². The molecule has 1 atom stereocenters. The quantitative estimate of drug-likeness (QED) is 0.626. The van der Waals surface area contributed by atoms with Crippen LogP contribution in [0.3, 0.4) is 0 Å². The van der Waals surface area contributed by atoms with Crippen molar-refractivity contribution < 1.29 is 4.79 Å². The molecule has 0 radical (unpaired) electrons. The summed E-state index contributed by atoms with van der Waals surface area (Å²) >= 11 is 0. The molecule has 0 aromatic heterocycles. The van der Waals surface area contributed by atoms with Crippen molar-refractivity contribution in [2.45, 2.75) is 45.1 Å².